The first-order valence-electron chi connectivity index (χ1n) is 11.1. The van der Waals surface area contributed by atoms with Crippen molar-refractivity contribution in [1.29, 1.82) is 0 Å². The summed E-state index contributed by atoms with van der Waals surface area (Å²) >= 11 is 1.71. The van der Waals surface area contributed by atoms with Gasteiger partial charge in [-0.15, -0.1) is 11.3 Å². The fourth-order valence-electron chi connectivity index (χ4n) is 4.94. The van der Waals surface area contributed by atoms with Gasteiger partial charge in [-0.05, 0) is 46.2 Å². The molecule has 0 aliphatic carbocycles. The molecule has 5 rings (SSSR count). The van der Waals surface area contributed by atoms with Gasteiger partial charge < -0.3 is 5.11 Å². The minimum absolute atomic E-state index is 0.409. The van der Waals surface area contributed by atoms with E-state index in [0.717, 1.165) is 12.1 Å². The highest BCUT2D eigenvalue weighted by Crippen LogP contribution is 2.44. The third kappa shape index (κ3) is 3.84. The van der Waals surface area contributed by atoms with Crippen LogP contribution in [0.15, 0.2) is 114 Å². The van der Waals surface area contributed by atoms with Gasteiger partial charge in [0.2, 0.25) is 0 Å². The molecular formula is C29H27NOS. The quantitative estimate of drug-likeness (QED) is 0.376. The summed E-state index contributed by atoms with van der Waals surface area (Å²) in [5.41, 5.74) is 4.35. The number of likely N-dealkylation sites (tertiary alicyclic amines) is 1. The fraction of sp³-hybridized carbons (Fsp3) is 0.172. The molecule has 0 radical (unpaired) electrons. The number of benzene rings is 3. The van der Waals surface area contributed by atoms with E-state index in [1.54, 1.807) is 11.3 Å². The predicted octanol–water partition coefficient (Wildman–Crippen LogP) is 6.19. The standard InChI is InChI=1S/C29H27NOS/c31-28-18-19-30(22-23(28)21-27-17-10-20-32-27)29(24-11-4-1-5-12-24,25-13-6-2-7-14-25)26-15-8-3-9-16-26/h1-17,20-21,28,31H,18-19,22H2. The number of aliphatic hydroxyl groups excluding tert-OH is 1. The Hall–Kier alpha value is -2.98. The van der Waals surface area contributed by atoms with E-state index in [2.05, 4.69) is 119 Å². The van der Waals surface area contributed by atoms with Crippen LogP contribution in [0, 0.1) is 0 Å². The number of hydrogen-bond donors (Lipinski definition) is 1. The van der Waals surface area contributed by atoms with Crippen LogP contribution in [0.25, 0.3) is 6.08 Å². The van der Waals surface area contributed by atoms with Crippen LogP contribution in [0.2, 0.25) is 0 Å². The molecule has 3 heteroatoms. The molecule has 1 unspecified atom stereocenters. The molecule has 4 aromatic rings. The first kappa shape index (κ1) is 20.9. The van der Waals surface area contributed by atoms with Crippen LogP contribution < -0.4 is 0 Å². The molecule has 0 saturated carbocycles. The Balaban J connectivity index is 1.71. The first-order chi connectivity index (χ1) is 15.8. The Labute approximate surface area is 194 Å². The smallest absolute Gasteiger partial charge is 0.0975 e. The van der Waals surface area contributed by atoms with Crippen LogP contribution in [0.3, 0.4) is 0 Å². The molecule has 2 nitrogen and oxygen atoms in total. The van der Waals surface area contributed by atoms with Crippen molar-refractivity contribution in [3.63, 3.8) is 0 Å². The molecule has 1 saturated heterocycles. The van der Waals surface area contributed by atoms with Crippen molar-refractivity contribution in [2.75, 3.05) is 13.1 Å². The van der Waals surface area contributed by atoms with E-state index in [0.29, 0.717) is 13.0 Å². The Morgan fingerprint density at radius 3 is 1.75 bits per heavy atom. The van der Waals surface area contributed by atoms with Crippen LogP contribution in [-0.4, -0.2) is 29.2 Å². The first-order valence-corrected chi connectivity index (χ1v) is 12.0. The number of thiophene rings is 1. The molecule has 0 amide bonds. The topological polar surface area (TPSA) is 23.5 Å². The van der Waals surface area contributed by atoms with Crippen molar-refractivity contribution < 1.29 is 5.11 Å². The molecule has 1 aliphatic rings. The van der Waals surface area contributed by atoms with Gasteiger partial charge >= 0.3 is 0 Å². The SMILES string of the molecule is OC1CCN(C(c2ccccc2)(c2ccccc2)c2ccccc2)CC1=Cc1cccs1. The summed E-state index contributed by atoms with van der Waals surface area (Å²) in [6, 6.07) is 36.5. The molecule has 1 fully saturated rings. The largest absolute Gasteiger partial charge is 0.389 e. The third-order valence-electron chi connectivity index (χ3n) is 6.39. The monoisotopic (exact) mass is 437 g/mol. The molecule has 0 bridgehead atoms. The van der Waals surface area contributed by atoms with Gasteiger partial charge in [-0.25, -0.2) is 0 Å². The lowest BCUT2D eigenvalue weighted by molar-refractivity contribution is 0.0872. The van der Waals surface area contributed by atoms with E-state index in [1.807, 2.05) is 0 Å². The average molecular weight is 438 g/mol. The molecule has 3 aromatic carbocycles. The van der Waals surface area contributed by atoms with Crippen molar-refractivity contribution >= 4 is 17.4 Å². The van der Waals surface area contributed by atoms with Gasteiger partial charge in [0.1, 0.15) is 0 Å². The molecule has 160 valence electrons. The number of rotatable bonds is 5. The Kier molecular flexibility index (Phi) is 6.04. The predicted molar refractivity (Wildman–Crippen MR) is 134 cm³/mol. The van der Waals surface area contributed by atoms with Crippen LogP contribution in [0.4, 0.5) is 0 Å². The molecule has 1 aromatic heterocycles. The second-order valence-corrected chi connectivity index (χ2v) is 9.25. The molecule has 1 N–H and O–H groups in total. The van der Waals surface area contributed by atoms with Crippen LogP contribution >= 0.6 is 11.3 Å². The van der Waals surface area contributed by atoms with Crippen molar-refractivity contribution in [3.05, 3.63) is 136 Å². The van der Waals surface area contributed by atoms with E-state index < -0.39 is 11.6 Å². The highest BCUT2D eigenvalue weighted by Gasteiger charge is 2.44. The Bertz CT molecular complexity index is 1060. The van der Waals surface area contributed by atoms with Crippen LogP contribution in [-0.2, 0) is 5.54 Å². The minimum Gasteiger partial charge on any atom is -0.389 e. The fourth-order valence-corrected chi connectivity index (χ4v) is 5.63. The van der Waals surface area contributed by atoms with E-state index >= 15 is 0 Å². The molecular weight excluding hydrogens is 410 g/mol. The summed E-state index contributed by atoms with van der Waals surface area (Å²) < 4.78 is 0. The molecule has 1 atom stereocenters. The van der Waals surface area contributed by atoms with Crippen molar-refractivity contribution in [2.45, 2.75) is 18.1 Å². The molecule has 2 heterocycles. The van der Waals surface area contributed by atoms with Crippen LogP contribution in [0.5, 0.6) is 0 Å². The highest BCUT2D eigenvalue weighted by atomic mass is 32.1. The molecule has 0 spiro atoms. The van der Waals surface area contributed by atoms with Gasteiger partial charge in [0.05, 0.1) is 11.6 Å². The van der Waals surface area contributed by atoms with Crippen molar-refractivity contribution in [1.82, 2.24) is 4.90 Å². The van der Waals surface area contributed by atoms with Gasteiger partial charge in [0.25, 0.3) is 0 Å². The Morgan fingerprint density at radius 2 is 1.28 bits per heavy atom. The minimum atomic E-state index is -0.446. The normalized spacial score (nSPS) is 18.7. The maximum atomic E-state index is 10.9. The van der Waals surface area contributed by atoms with E-state index in [9.17, 15) is 5.11 Å². The number of hydrogen-bond acceptors (Lipinski definition) is 3. The van der Waals surface area contributed by atoms with E-state index in [1.165, 1.54) is 21.6 Å². The zero-order valence-corrected chi connectivity index (χ0v) is 18.8. The average Bonchev–Trinajstić information content (AvgIpc) is 3.37. The van der Waals surface area contributed by atoms with Gasteiger partial charge in [-0.2, -0.15) is 0 Å². The van der Waals surface area contributed by atoms with E-state index in [4.69, 9.17) is 0 Å². The summed E-state index contributed by atoms with van der Waals surface area (Å²) in [6.07, 6.45) is 2.48. The maximum Gasteiger partial charge on any atom is 0.0975 e. The van der Waals surface area contributed by atoms with Crippen molar-refractivity contribution in [2.24, 2.45) is 0 Å². The second-order valence-electron chi connectivity index (χ2n) is 8.27. The summed E-state index contributed by atoms with van der Waals surface area (Å²) in [6.45, 7) is 1.51. The number of piperidine rings is 1. The van der Waals surface area contributed by atoms with Gasteiger partial charge in [-0.1, -0.05) is 97.1 Å². The maximum absolute atomic E-state index is 10.9. The molecule has 1 aliphatic heterocycles. The van der Waals surface area contributed by atoms with Gasteiger partial charge in [0, 0.05) is 18.0 Å². The van der Waals surface area contributed by atoms with Crippen LogP contribution in [0.1, 0.15) is 28.0 Å². The lowest BCUT2D eigenvalue weighted by Crippen LogP contribution is -2.52. The summed E-state index contributed by atoms with van der Waals surface area (Å²) in [4.78, 5) is 3.73. The van der Waals surface area contributed by atoms with Crippen molar-refractivity contribution in [3.8, 4) is 0 Å². The lowest BCUT2D eigenvalue weighted by atomic mass is 9.74. The third-order valence-corrected chi connectivity index (χ3v) is 7.21. The van der Waals surface area contributed by atoms with E-state index in [-0.39, 0.29) is 0 Å². The second kappa shape index (κ2) is 9.25. The summed E-state index contributed by atoms with van der Waals surface area (Å²) in [5, 5.41) is 13.0. The summed E-state index contributed by atoms with van der Waals surface area (Å²) in [5.74, 6) is 0. The number of nitrogens with zero attached hydrogens (tertiary/aromatic N) is 1. The van der Waals surface area contributed by atoms with Gasteiger partial charge in [-0.3, -0.25) is 4.90 Å². The summed E-state index contributed by atoms with van der Waals surface area (Å²) in [7, 11) is 0. The van der Waals surface area contributed by atoms with Gasteiger partial charge in [0.15, 0.2) is 0 Å². The zero-order chi connectivity index (χ0) is 21.8. The Morgan fingerprint density at radius 1 is 0.750 bits per heavy atom. The highest BCUT2D eigenvalue weighted by molar-refractivity contribution is 7.10. The zero-order valence-electron chi connectivity index (χ0n) is 18.0. The number of aliphatic hydroxyl groups is 1. The lowest BCUT2D eigenvalue weighted by Gasteiger charge is -2.48. The molecule has 32 heavy (non-hydrogen) atoms.